The number of aromatic nitrogens is 4. The number of hydrogen-bond acceptors (Lipinski definition) is 3. The highest BCUT2D eigenvalue weighted by atomic mass is 35.5. The van der Waals surface area contributed by atoms with E-state index >= 15 is 0 Å². The smallest absolute Gasteiger partial charge is 0.0965 e. The highest BCUT2D eigenvalue weighted by molar-refractivity contribution is 6.31. The van der Waals surface area contributed by atoms with Gasteiger partial charge in [-0.1, -0.05) is 11.6 Å². The Hall–Kier alpha value is -1.85. The van der Waals surface area contributed by atoms with Gasteiger partial charge < -0.3 is 10.3 Å². The summed E-state index contributed by atoms with van der Waals surface area (Å²) < 4.78 is 0. The second-order valence-electron chi connectivity index (χ2n) is 6.06. The zero-order valence-corrected chi connectivity index (χ0v) is 13.9. The Morgan fingerprint density at radius 3 is 3.17 bits per heavy atom. The molecule has 1 aliphatic carbocycles. The molecule has 0 spiro atoms. The van der Waals surface area contributed by atoms with Crippen molar-refractivity contribution in [3.63, 3.8) is 0 Å². The van der Waals surface area contributed by atoms with Crippen LogP contribution in [-0.4, -0.2) is 20.0 Å². The molecule has 120 valence electrons. The van der Waals surface area contributed by atoms with E-state index in [1.807, 2.05) is 19.2 Å². The summed E-state index contributed by atoms with van der Waals surface area (Å²) in [7, 11) is 0. The van der Waals surface area contributed by atoms with Crippen LogP contribution in [0.25, 0.3) is 10.9 Å². The summed E-state index contributed by atoms with van der Waals surface area (Å²) in [5.41, 5.74) is 4.86. The average Bonchev–Trinajstić information content (AvgIpc) is 3.17. The van der Waals surface area contributed by atoms with Crippen molar-refractivity contribution in [1.82, 2.24) is 25.3 Å². The molecule has 23 heavy (non-hydrogen) atoms. The van der Waals surface area contributed by atoms with Gasteiger partial charge in [0.2, 0.25) is 0 Å². The van der Waals surface area contributed by atoms with Gasteiger partial charge in [0.05, 0.1) is 18.4 Å². The van der Waals surface area contributed by atoms with Crippen LogP contribution in [0, 0.1) is 0 Å². The predicted octanol–water partition coefficient (Wildman–Crippen LogP) is 3.60. The number of rotatable bonds is 4. The highest BCUT2D eigenvalue weighted by Crippen LogP contribution is 2.35. The Bertz CT molecular complexity index is 835. The summed E-state index contributed by atoms with van der Waals surface area (Å²) in [5.74, 6) is 0. The molecule has 0 amide bonds. The second-order valence-corrected chi connectivity index (χ2v) is 6.49. The Kier molecular flexibility index (Phi) is 3.83. The first-order chi connectivity index (χ1) is 11.2. The first-order valence-corrected chi connectivity index (χ1v) is 8.55. The van der Waals surface area contributed by atoms with Crippen molar-refractivity contribution in [2.24, 2.45) is 0 Å². The molecule has 0 radical (unpaired) electrons. The van der Waals surface area contributed by atoms with E-state index in [0.717, 1.165) is 36.6 Å². The molecule has 2 heterocycles. The van der Waals surface area contributed by atoms with Gasteiger partial charge in [0.25, 0.3) is 0 Å². The van der Waals surface area contributed by atoms with Crippen molar-refractivity contribution >= 4 is 22.5 Å². The molecule has 4 rings (SSSR count). The number of H-pyrrole nitrogens is 1. The molecule has 2 N–H and O–H groups in total. The fourth-order valence-electron chi connectivity index (χ4n) is 3.43. The summed E-state index contributed by atoms with van der Waals surface area (Å²) >= 11 is 6.16. The fourth-order valence-corrected chi connectivity index (χ4v) is 3.61. The third-order valence-electron chi connectivity index (χ3n) is 4.57. The molecule has 0 fully saturated rings. The fraction of sp³-hybridized carbons (Fsp3) is 0.412. The van der Waals surface area contributed by atoms with Crippen LogP contribution < -0.4 is 5.32 Å². The Balaban J connectivity index is 1.58. The van der Waals surface area contributed by atoms with E-state index in [9.17, 15) is 0 Å². The quantitative estimate of drug-likeness (QED) is 0.769. The van der Waals surface area contributed by atoms with E-state index in [1.165, 1.54) is 28.6 Å². The van der Waals surface area contributed by atoms with E-state index in [0.29, 0.717) is 6.04 Å². The summed E-state index contributed by atoms with van der Waals surface area (Å²) in [6, 6.07) is 6.41. The lowest BCUT2D eigenvalue weighted by molar-refractivity contribution is 0.447. The molecule has 0 bridgehead atoms. The van der Waals surface area contributed by atoms with Gasteiger partial charge in [0.15, 0.2) is 0 Å². The van der Waals surface area contributed by atoms with Crippen molar-refractivity contribution in [3.8, 4) is 0 Å². The average molecular weight is 330 g/mol. The van der Waals surface area contributed by atoms with Gasteiger partial charge in [-0.15, -0.1) is 0 Å². The third kappa shape index (κ3) is 2.75. The molecular formula is C17H20ClN5. The molecule has 5 nitrogen and oxygen atoms in total. The topological polar surface area (TPSA) is 58.5 Å². The molecular weight excluding hydrogens is 310 g/mol. The normalized spacial score (nSPS) is 17.6. The Morgan fingerprint density at radius 1 is 1.43 bits per heavy atom. The number of hydrogen-bond donors (Lipinski definition) is 2. The monoisotopic (exact) mass is 329 g/mol. The molecule has 2 aromatic heterocycles. The summed E-state index contributed by atoms with van der Waals surface area (Å²) in [6.07, 6.45) is 5.27. The van der Waals surface area contributed by atoms with Crippen LogP contribution in [-0.2, 0) is 19.5 Å². The first kappa shape index (κ1) is 14.7. The van der Waals surface area contributed by atoms with Gasteiger partial charge in [-0.05, 0) is 49.9 Å². The number of fused-ring (bicyclic) bond motifs is 3. The minimum Gasteiger partial charge on any atom is -0.357 e. The van der Waals surface area contributed by atoms with Crippen LogP contribution in [0.1, 0.15) is 42.8 Å². The van der Waals surface area contributed by atoms with Crippen LogP contribution >= 0.6 is 11.6 Å². The summed E-state index contributed by atoms with van der Waals surface area (Å²) in [6.45, 7) is 3.58. The standard InChI is InChI=1S/C17H20ClN5/c1-2-23-20-10-12(22-23)9-19-16-5-3-4-13-14-8-11(18)6-7-15(14)21-17(13)16/h6-8,10,16,19,21H,2-5,9H2,1H3. The molecule has 0 saturated heterocycles. The van der Waals surface area contributed by atoms with Crippen LogP contribution in [0.3, 0.4) is 0 Å². The van der Waals surface area contributed by atoms with E-state index in [4.69, 9.17) is 11.6 Å². The number of nitrogens with zero attached hydrogens (tertiary/aromatic N) is 3. The van der Waals surface area contributed by atoms with E-state index in [-0.39, 0.29) is 0 Å². The van der Waals surface area contributed by atoms with E-state index in [1.54, 1.807) is 4.80 Å². The maximum absolute atomic E-state index is 6.16. The van der Waals surface area contributed by atoms with Crippen LogP contribution in [0.4, 0.5) is 0 Å². The first-order valence-electron chi connectivity index (χ1n) is 8.17. The molecule has 1 aliphatic rings. The minimum atomic E-state index is 0.330. The van der Waals surface area contributed by atoms with Crippen molar-refractivity contribution in [2.75, 3.05) is 0 Å². The number of halogens is 1. The van der Waals surface area contributed by atoms with Gasteiger partial charge in [0, 0.05) is 34.2 Å². The molecule has 3 aromatic rings. The Labute approximate surface area is 140 Å². The number of aryl methyl sites for hydroxylation is 2. The van der Waals surface area contributed by atoms with Crippen LogP contribution in [0.2, 0.25) is 5.02 Å². The van der Waals surface area contributed by atoms with Crippen molar-refractivity contribution in [3.05, 3.63) is 46.4 Å². The van der Waals surface area contributed by atoms with Crippen LogP contribution in [0.15, 0.2) is 24.4 Å². The highest BCUT2D eigenvalue weighted by Gasteiger charge is 2.24. The zero-order chi connectivity index (χ0) is 15.8. The lowest BCUT2D eigenvalue weighted by atomic mass is 9.91. The molecule has 0 aliphatic heterocycles. The summed E-state index contributed by atoms with van der Waals surface area (Å²) in [5, 5.41) is 14.4. The van der Waals surface area contributed by atoms with Crippen molar-refractivity contribution in [1.29, 1.82) is 0 Å². The largest absolute Gasteiger partial charge is 0.357 e. The summed E-state index contributed by atoms with van der Waals surface area (Å²) in [4.78, 5) is 5.30. The molecule has 1 aromatic carbocycles. The maximum Gasteiger partial charge on any atom is 0.0965 e. The van der Waals surface area contributed by atoms with Crippen LogP contribution in [0.5, 0.6) is 0 Å². The number of benzene rings is 1. The minimum absolute atomic E-state index is 0.330. The Morgan fingerprint density at radius 2 is 2.35 bits per heavy atom. The van der Waals surface area contributed by atoms with Crippen molar-refractivity contribution < 1.29 is 0 Å². The third-order valence-corrected chi connectivity index (χ3v) is 4.80. The van der Waals surface area contributed by atoms with Crippen molar-refractivity contribution in [2.45, 2.75) is 45.3 Å². The van der Waals surface area contributed by atoms with Gasteiger partial charge in [-0.2, -0.15) is 15.0 Å². The second kappa shape index (κ2) is 5.98. The molecule has 6 heteroatoms. The van der Waals surface area contributed by atoms with Gasteiger partial charge in [-0.3, -0.25) is 0 Å². The van der Waals surface area contributed by atoms with Gasteiger partial charge in [0.1, 0.15) is 0 Å². The molecule has 1 unspecified atom stereocenters. The van der Waals surface area contributed by atoms with Gasteiger partial charge >= 0.3 is 0 Å². The number of nitrogens with one attached hydrogen (secondary N) is 2. The predicted molar refractivity (Wildman–Crippen MR) is 91.5 cm³/mol. The zero-order valence-electron chi connectivity index (χ0n) is 13.1. The lowest BCUT2D eigenvalue weighted by Gasteiger charge is -2.23. The SMILES string of the molecule is CCn1ncc(CNC2CCCc3c2[nH]c2ccc(Cl)cc32)n1. The van der Waals surface area contributed by atoms with E-state index < -0.39 is 0 Å². The number of aromatic amines is 1. The maximum atomic E-state index is 6.16. The van der Waals surface area contributed by atoms with Gasteiger partial charge in [-0.25, -0.2) is 0 Å². The molecule has 0 saturated carbocycles. The molecule has 1 atom stereocenters. The van der Waals surface area contributed by atoms with E-state index in [2.05, 4.69) is 32.6 Å². The lowest BCUT2D eigenvalue weighted by Crippen LogP contribution is -2.25.